The SMILES string of the molecule is Nc1c(C(=O)NC2CCCC2)c2nc3ccccc3nc2n1/N=C\c1cccc(O)c1. The smallest absolute Gasteiger partial charge is 0.257 e. The van der Waals surface area contributed by atoms with Crippen LogP contribution in [0, 0.1) is 0 Å². The normalized spacial score (nSPS) is 14.7. The van der Waals surface area contributed by atoms with Crippen molar-refractivity contribution < 1.29 is 9.90 Å². The topological polar surface area (TPSA) is 118 Å². The summed E-state index contributed by atoms with van der Waals surface area (Å²) in [5.74, 6) is 0.0548. The van der Waals surface area contributed by atoms with E-state index in [1.807, 2.05) is 24.3 Å². The Hall–Kier alpha value is -3.94. The number of phenolic OH excluding ortho intramolecular Hbond substituents is 1. The van der Waals surface area contributed by atoms with Crippen molar-refractivity contribution in [2.45, 2.75) is 31.7 Å². The molecule has 2 aromatic heterocycles. The first-order valence-electron chi connectivity index (χ1n) is 10.3. The number of para-hydroxylation sites is 2. The molecule has 1 aliphatic rings. The Morgan fingerprint density at radius 1 is 1.13 bits per heavy atom. The zero-order chi connectivity index (χ0) is 21.4. The molecule has 1 aliphatic carbocycles. The van der Waals surface area contributed by atoms with Gasteiger partial charge in [-0.15, -0.1) is 0 Å². The maximum atomic E-state index is 13.1. The van der Waals surface area contributed by atoms with Gasteiger partial charge in [-0.25, -0.2) is 9.97 Å². The van der Waals surface area contributed by atoms with Crippen molar-refractivity contribution in [3.05, 3.63) is 59.7 Å². The lowest BCUT2D eigenvalue weighted by Crippen LogP contribution is -2.33. The third kappa shape index (κ3) is 3.56. The molecule has 2 heterocycles. The maximum Gasteiger partial charge on any atom is 0.257 e. The molecule has 0 bridgehead atoms. The molecule has 31 heavy (non-hydrogen) atoms. The molecule has 156 valence electrons. The first-order valence-corrected chi connectivity index (χ1v) is 10.3. The molecule has 4 aromatic rings. The van der Waals surface area contributed by atoms with E-state index in [1.165, 1.54) is 4.68 Å². The predicted octanol–water partition coefficient (Wildman–Crippen LogP) is 3.43. The molecular formula is C23H22N6O2. The summed E-state index contributed by atoms with van der Waals surface area (Å²) >= 11 is 0. The van der Waals surface area contributed by atoms with Crippen molar-refractivity contribution in [1.29, 1.82) is 0 Å². The van der Waals surface area contributed by atoms with Gasteiger partial charge in [-0.3, -0.25) is 4.79 Å². The van der Waals surface area contributed by atoms with Gasteiger partial charge in [0.2, 0.25) is 0 Å². The van der Waals surface area contributed by atoms with Gasteiger partial charge in [0.1, 0.15) is 22.6 Å². The molecule has 0 atom stereocenters. The van der Waals surface area contributed by atoms with Gasteiger partial charge in [0.15, 0.2) is 5.65 Å². The summed E-state index contributed by atoms with van der Waals surface area (Å²) in [5.41, 5.74) is 9.57. The van der Waals surface area contributed by atoms with Gasteiger partial charge < -0.3 is 16.2 Å². The van der Waals surface area contributed by atoms with Gasteiger partial charge >= 0.3 is 0 Å². The molecular weight excluding hydrogens is 392 g/mol. The van der Waals surface area contributed by atoms with E-state index in [4.69, 9.17) is 5.73 Å². The van der Waals surface area contributed by atoms with Gasteiger partial charge in [-0.1, -0.05) is 37.1 Å². The van der Waals surface area contributed by atoms with Crippen LogP contribution in [0.5, 0.6) is 5.75 Å². The van der Waals surface area contributed by atoms with Gasteiger partial charge in [-0.05, 0) is 42.7 Å². The van der Waals surface area contributed by atoms with E-state index in [0.29, 0.717) is 27.8 Å². The Kier molecular flexibility index (Phi) is 4.74. The van der Waals surface area contributed by atoms with E-state index in [2.05, 4.69) is 20.4 Å². The second-order valence-electron chi connectivity index (χ2n) is 7.75. The van der Waals surface area contributed by atoms with Gasteiger partial charge in [-0.2, -0.15) is 9.78 Å². The lowest BCUT2D eigenvalue weighted by molar-refractivity contribution is 0.0940. The Bertz CT molecular complexity index is 1320. The molecule has 1 fully saturated rings. The number of nitrogens with one attached hydrogen (secondary N) is 1. The van der Waals surface area contributed by atoms with Crippen molar-refractivity contribution in [2.24, 2.45) is 5.10 Å². The fraction of sp³-hybridized carbons (Fsp3) is 0.217. The van der Waals surface area contributed by atoms with Crippen LogP contribution in [0.25, 0.3) is 22.2 Å². The van der Waals surface area contributed by atoms with E-state index in [1.54, 1.807) is 30.5 Å². The second kappa shape index (κ2) is 7.71. The highest BCUT2D eigenvalue weighted by molar-refractivity contribution is 6.10. The minimum atomic E-state index is -0.259. The highest BCUT2D eigenvalue weighted by Crippen LogP contribution is 2.28. The van der Waals surface area contributed by atoms with E-state index in [-0.39, 0.29) is 29.1 Å². The molecule has 8 nitrogen and oxygen atoms in total. The number of hydrogen-bond acceptors (Lipinski definition) is 6. The third-order valence-corrected chi connectivity index (χ3v) is 5.58. The number of aromatic hydroxyl groups is 1. The minimum absolute atomic E-state index is 0.136. The summed E-state index contributed by atoms with van der Waals surface area (Å²) in [6.07, 6.45) is 5.72. The zero-order valence-corrected chi connectivity index (χ0v) is 16.8. The van der Waals surface area contributed by atoms with Crippen LogP contribution in [-0.4, -0.2) is 37.9 Å². The summed E-state index contributed by atoms with van der Waals surface area (Å²) in [6, 6.07) is 14.3. The number of aromatic nitrogens is 3. The fourth-order valence-electron chi connectivity index (χ4n) is 4.05. The monoisotopic (exact) mass is 414 g/mol. The lowest BCUT2D eigenvalue weighted by atomic mass is 10.2. The molecule has 0 spiro atoms. The number of nitrogens with zero attached hydrogens (tertiary/aromatic N) is 4. The molecule has 2 aromatic carbocycles. The van der Waals surface area contributed by atoms with Crippen LogP contribution in [0.3, 0.4) is 0 Å². The van der Waals surface area contributed by atoms with Crippen LogP contribution in [0.15, 0.2) is 53.6 Å². The number of carbonyl (C=O) groups excluding carboxylic acids is 1. The largest absolute Gasteiger partial charge is 0.508 e. The summed E-state index contributed by atoms with van der Waals surface area (Å²) in [4.78, 5) is 22.5. The van der Waals surface area contributed by atoms with Gasteiger partial charge in [0.05, 0.1) is 17.2 Å². The highest BCUT2D eigenvalue weighted by Gasteiger charge is 2.26. The van der Waals surface area contributed by atoms with Crippen LogP contribution in [0.4, 0.5) is 5.82 Å². The predicted molar refractivity (Wildman–Crippen MR) is 120 cm³/mol. The summed E-state index contributed by atoms with van der Waals surface area (Å²) in [5, 5.41) is 17.2. The van der Waals surface area contributed by atoms with Gasteiger partial charge in [0, 0.05) is 6.04 Å². The lowest BCUT2D eigenvalue weighted by Gasteiger charge is -2.11. The number of fused-ring (bicyclic) bond motifs is 2. The molecule has 8 heteroatoms. The molecule has 1 amide bonds. The van der Waals surface area contributed by atoms with Crippen molar-refractivity contribution in [3.8, 4) is 5.75 Å². The average molecular weight is 414 g/mol. The standard InChI is InChI=1S/C23H22N6O2/c24-21-19(23(31)26-15-7-1-2-8-15)20-22(28-18-11-4-3-10-17(18)27-20)29(21)25-13-14-6-5-9-16(30)12-14/h3-6,9-13,15,30H,1-2,7-8,24H2,(H,26,31)/b25-13-. The Morgan fingerprint density at radius 2 is 1.87 bits per heavy atom. The number of nitrogens with two attached hydrogens (primary N) is 1. The molecule has 5 rings (SSSR count). The number of anilines is 1. The summed E-state index contributed by atoms with van der Waals surface area (Å²) < 4.78 is 1.43. The fourth-order valence-corrected chi connectivity index (χ4v) is 4.05. The third-order valence-electron chi connectivity index (χ3n) is 5.58. The number of rotatable bonds is 4. The summed E-state index contributed by atoms with van der Waals surface area (Å²) in [7, 11) is 0. The minimum Gasteiger partial charge on any atom is -0.508 e. The van der Waals surface area contributed by atoms with E-state index in [9.17, 15) is 9.90 Å². The Labute approximate surface area is 178 Å². The molecule has 0 radical (unpaired) electrons. The van der Waals surface area contributed by atoms with Crippen molar-refractivity contribution in [1.82, 2.24) is 20.0 Å². The number of phenols is 1. The molecule has 0 saturated heterocycles. The maximum absolute atomic E-state index is 13.1. The number of benzene rings is 2. The van der Waals surface area contributed by atoms with Crippen LogP contribution in [0.1, 0.15) is 41.6 Å². The van der Waals surface area contributed by atoms with Gasteiger partial charge in [0.25, 0.3) is 5.91 Å². The molecule has 0 unspecified atom stereocenters. The van der Waals surface area contributed by atoms with E-state index < -0.39 is 0 Å². The molecule has 0 aliphatic heterocycles. The second-order valence-corrected chi connectivity index (χ2v) is 7.75. The van der Waals surface area contributed by atoms with Crippen molar-refractivity contribution in [2.75, 3.05) is 5.73 Å². The Morgan fingerprint density at radius 3 is 2.61 bits per heavy atom. The number of amides is 1. The first-order chi connectivity index (χ1) is 15.1. The molecule has 4 N–H and O–H groups in total. The number of carbonyl (C=O) groups is 1. The van der Waals surface area contributed by atoms with Crippen LogP contribution >= 0.6 is 0 Å². The van der Waals surface area contributed by atoms with Crippen LogP contribution < -0.4 is 11.1 Å². The number of hydrogen-bond donors (Lipinski definition) is 3. The average Bonchev–Trinajstić information content (AvgIpc) is 3.36. The van der Waals surface area contributed by atoms with Crippen molar-refractivity contribution in [3.63, 3.8) is 0 Å². The highest BCUT2D eigenvalue weighted by atomic mass is 16.3. The number of nitrogen functional groups attached to an aromatic ring is 1. The zero-order valence-electron chi connectivity index (χ0n) is 16.8. The first kappa shape index (κ1) is 19.0. The van der Waals surface area contributed by atoms with E-state index in [0.717, 1.165) is 25.7 Å². The quantitative estimate of drug-likeness (QED) is 0.442. The van der Waals surface area contributed by atoms with E-state index >= 15 is 0 Å². The van der Waals surface area contributed by atoms with Crippen LogP contribution in [-0.2, 0) is 0 Å². The van der Waals surface area contributed by atoms with Crippen LogP contribution in [0.2, 0.25) is 0 Å². The van der Waals surface area contributed by atoms with Crippen molar-refractivity contribution >= 4 is 40.1 Å². The molecule has 1 saturated carbocycles. The summed E-state index contributed by atoms with van der Waals surface area (Å²) in [6.45, 7) is 0. The Balaban J connectivity index is 1.65.